The quantitative estimate of drug-likeness (QED) is 0.395. The van der Waals surface area contributed by atoms with Gasteiger partial charge in [0.15, 0.2) is 0 Å². The molecule has 0 aliphatic carbocycles. The van der Waals surface area contributed by atoms with Crippen LogP contribution in [0.15, 0.2) is 30.5 Å². The third kappa shape index (κ3) is 9.30. The summed E-state index contributed by atoms with van der Waals surface area (Å²) in [7, 11) is 0. The molecule has 2 rings (SSSR count). The number of carboxylic acid groups (broad SMARTS) is 1. The number of carbonyl (C=O) groups is 4. The molecule has 1 unspecified atom stereocenters. The number of aromatic amines is 1. The van der Waals surface area contributed by atoms with Crippen LogP contribution in [0.25, 0.3) is 10.9 Å². The Morgan fingerprint density at radius 3 is 2.17 bits per heavy atom. The normalized spacial score (nSPS) is 13.5. The van der Waals surface area contributed by atoms with Gasteiger partial charge < -0.3 is 30.2 Å². The van der Waals surface area contributed by atoms with E-state index in [4.69, 9.17) is 14.6 Å². The van der Waals surface area contributed by atoms with E-state index in [1.807, 2.05) is 24.3 Å². The number of alkyl carbamates (subject to hydrolysis) is 1. The summed E-state index contributed by atoms with van der Waals surface area (Å²) in [5.74, 6) is -2.53. The first kappa shape index (κ1) is 27.7. The van der Waals surface area contributed by atoms with Gasteiger partial charge in [-0.1, -0.05) is 18.2 Å². The third-order valence-corrected chi connectivity index (χ3v) is 4.76. The van der Waals surface area contributed by atoms with Crippen molar-refractivity contribution in [2.24, 2.45) is 0 Å². The zero-order chi connectivity index (χ0) is 26.4. The average molecular weight is 490 g/mol. The molecule has 0 saturated carbocycles. The molecule has 0 saturated heterocycles. The van der Waals surface area contributed by atoms with Gasteiger partial charge in [-0.15, -0.1) is 0 Å². The molecule has 0 aliphatic rings. The minimum Gasteiger partial charge on any atom is -0.481 e. The van der Waals surface area contributed by atoms with E-state index in [1.54, 1.807) is 47.7 Å². The smallest absolute Gasteiger partial charge is 0.408 e. The molecule has 2 amide bonds. The van der Waals surface area contributed by atoms with Crippen LogP contribution in [0.5, 0.6) is 0 Å². The number of nitrogens with one attached hydrogen (secondary N) is 3. The van der Waals surface area contributed by atoms with Gasteiger partial charge in [-0.3, -0.25) is 9.59 Å². The molecular weight excluding hydrogens is 454 g/mol. The van der Waals surface area contributed by atoms with E-state index in [9.17, 15) is 19.2 Å². The number of rotatable bonds is 9. The van der Waals surface area contributed by atoms with Gasteiger partial charge in [-0.2, -0.15) is 0 Å². The molecular formula is C25H35N3O7. The highest BCUT2D eigenvalue weighted by molar-refractivity contribution is 5.91. The fourth-order valence-corrected chi connectivity index (χ4v) is 3.34. The molecule has 1 aromatic heterocycles. The number of benzene rings is 1. The second-order valence-corrected chi connectivity index (χ2v) is 10.3. The Morgan fingerprint density at radius 1 is 0.943 bits per heavy atom. The first-order valence-electron chi connectivity index (χ1n) is 11.4. The maximum atomic E-state index is 13.3. The maximum Gasteiger partial charge on any atom is 0.408 e. The summed E-state index contributed by atoms with van der Waals surface area (Å²) in [6.45, 7) is 10.1. The number of hydrogen-bond donors (Lipinski definition) is 4. The SMILES string of the molecule is CC(C)(C)OC(=O)N[C@H](Cc1c[nH]c2ccccc12)C(=O)NC(CCC(=O)O)C(=O)OC(C)(C)C. The van der Waals surface area contributed by atoms with Crippen molar-refractivity contribution in [2.45, 2.75) is 84.1 Å². The van der Waals surface area contributed by atoms with E-state index < -0.39 is 47.2 Å². The molecule has 1 aromatic carbocycles. The Hall–Kier alpha value is -3.56. The van der Waals surface area contributed by atoms with Crippen LogP contribution in [0.4, 0.5) is 4.79 Å². The van der Waals surface area contributed by atoms with Crippen LogP contribution in [0.1, 0.15) is 59.9 Å². The largest absolute Gasteiger partial charge is 0.481 e. The number of hydrogen-bond acceptors (Lipinski definition) is 6. The van der Waals surface area contributed by atoms with E-state index in [2.05, 4.69) is 15.6 Å². The number of para-hydroxylation sites is 1. The molecule has 0 spiro atoms. The molecule has 35 heavy (non-hydrogen) atoms. The van der Waals surface area contributed by atoms with Crippen LogP contribution in [-0.2, 0) is 30.3 Å². The first-order chi connectivity index (χ1) is 16.1. The van der Waals surface area contributed by atoms with Crippen molar-refractivity contribution in [2.75, 3.05) is 0 Å². The number of ether oxygens (including phenoxy) is 2. The lowest BCUT2D eigenvalue weighted by Gasteiger charge is -2.27. The van der Waals surface area contributed by atoms with Gasteiger partial charge in [-0.25, -0.2) is 9.59 Å². The van der Waals surface area contributed by atoms with Crippen molar-refractivity contribution in [3.8, 4) is 0 Å². The molecule has 0 fully saturated rings. The van der Waals surface area contributed by atoms with E-state index in [0.29, 0.717) is 0 Å². The topological polar surface area (TPSA) is 147 Å². The van der Waals surface area contributed by atoms with Crippen LogP contribution in [0.3, 0.4) is 0 Å². The number of fused-ring (bicyclic) bond motifs is 1. The lowest BCUT2D eigenvalue weighted by molar-refractivity contribution is -0.159. The fourth-order valence-electron chi connectivity index (χ4n) is 3.34. The molecule has 10 nitrogen and oxygen atoms in total. The number of esters is 1. The molecule has 2 atom stereocenters. The molecule has 0 radical (unpaired) electrons. The fraction of sp³-hybridized carbons (Fsp3) is 0.520. The number of carboxylic acids is 1. The molecule has 0 aliphatic heterocycles. The van der Waals surface area contributed by atoms with Crippen molar-refractivity contribution in [1.29, 1.82) is 0 Å². The maximum absolute atomic E-state index is 13.3. The molecule has 10 heteroatoms. The van der Waals surface area contributed by atoms with Crippen LogP contribution in [0.2, 0.25) is 0 Å². The number of aliphatic carboxylic acids is 1. The molecule has 192 valence electrons. The number of amides is 2. The summed E-state index contributed by atoms with van der Waals surface area (Å²) < 4.78 is 10.7. The standard InChI is InChI=1S/C25H35N3O7/c1-24(2,3)34-22(32)18(11-12-20(29)30)27-21(31)19(28-23(33)35-25(4,5)6)13-15-14-26-17-10-8-7-9-16(15)17/h7-10,14,18-19,26H,11-13H2,1-6H3,(H,27,31)(H,28,33)(H,29,30)/t18?,19-/m1/s1. The van der Waals surface area contributed by atoms with E-state index in [0.717, 1.165) is 16.5 Å². The summed E-state index contributed by atoms with van der Waals surface area (Å²) in [6, 6.07) is 5.21. The zero-order valence-corrected chi connectivity index (χ0v) is 21.1. The Kier molecular flexibility index (Phi) is 8.89. The summed E-state index contributed by atoms with van der Waals surface area (Å²) >= 11 is 0. The van der Waals surface area contributed by atoms with Gasteiger partial charge in [0.2, 0.25) is 5.91 Å². The average Bonchev–Trinajstić information content (AvgIpc) is 3.10. The minimum absolute atomic E-state index is 0.106. The van der Waals surface area contributed by atoms with Crippen molar-refractivity contribution in [3.63, 3.8) is 0 Å². The molecule has 0 bridgehead atoms. The highest BCUT2D eigenvalue weighted by atomic mass is 16.6. The first-order valence-corrected chi connectivity index (χ1v) is 11.4. The summed E-state index contributed by atoms with van der Waals surface area (Å²) in [5.41, 5.74) is 0.0247. The van der Waals surface area contributed by atoms with E-state index in [-0.39, 0.29) is 19.3 Å². The Morgan fingerprint density at radius 2 is 1.57 bits per heavy atom. The van der Waals surface area contributed by atoms with Crippen LogP contribution in [0, 0.1) is 0 Å². The molecule has 1 heterocycles. The van der Waals surface area contributed by atoms with Gasteiger partial charge >= 0.3 is 18.0 Å². The van der Waals surface area contributed by atoms with Crippen molar-refractivity contribution < 1.29 is 33.8 Å². The molecule has 2 aromatic rings. The predicted molar refractivity (Wildman–Crippen MR) is 130 cm³/mol. The Labute approximate surface area is 204 Å². The van der Waals surface area contributed by atoms with Crippen LogP contribution >= 0.6 is 0 Å². The van der Waals surface area contributed by atoms with E-state index >= 15 is 0 Å². The molecule has 4 N–H and O–H groups in total. The highest BCUT2D eigenvalue weighted by Gasteiger charge is 2.31. The number of H-pyrrole nitrogens is 1. The van der Waals surface area contributed by atoms with E-state index in [1.165, 1.54) is 0 Å². The second kappa shape index (κ2) is 11.2. The predicted octanol–water partition coefficient (Wildman–Crippen LogP) is 3.30. The lowest BCUT2D eigenvalue weighted by Crippen LogP contribution is -2.54. The van der Waals surface area contributed by atoms with Gasteiger partial charge in [0.25, 0.3) is 0 Å². The number of aromatic nitrogens is 1. The minimum atomic E-state index is -1.20. The number of carbonyl (C=O) groups excluding carboxylic acids is 3. The summed E-state index contributed by atoms with van der Waals surface area (Å²) in [4.78, 5) is 52.7. The monoisotopic (exact) mass is 489 g/mol. The lowest BCUT2D eigenvalue weighted by atomic mass is 10.0. The van der Waals surface area contributed by atoms with Crippen molar-refractivity contribution in [3.05, 3.63) is 36.0 Å². The van der Waals surface area contributed by atoms with Gasteiger partial charge in [0.05, 0.1) is 0 Å². The second-order valence-electron chi connectivity index (χ2n) is 10.3. The zero-order valence-electron chi connectivity index (χ0n) is 21.1. The summed E-state index contributed by atoms with van der Waals surface area (Å²) in [6.07, 6.45) is 0.544. The van der Waals surface area contributed by atoms with Crippen molar-refractivity contribution >= 4 is 34.8 Å². The Bertz CT molecular complexity index is 1060. The van der Waals surface area contributed by atoms with Gasteiger partial charge in [0.1, 0.15) is 23.3 Å². The van der Waals surface area contributed by atoms with Crippen LogP contribution in [-0.4, -0.2) is 57.3 Å². The van der Waals surface area contributed by atoms with Gasteiger partial charge in [0, 0.05) is 29.9 Å². The highest BCUT2D eigenvalue weighted by Crippen LogP contribution is 2.20. The van der Waals surface area contributed by atoms with Crippen molar-refractivity contribution in [1.82, 2.24) is 15.6 Å². The summed E-state index contributed by atoms with van der Waals surface area (Å²) in [5, 5.41) is 15.1. The Balaban J connectivity index is 2.28. The van der Waals surface area contributed by atoms with Gasteiger partial charge in [-0.05, 0) is 59.6 Å². The third-order valence-electron chi connectivity index (χ3n) is 4.76. The van der Waals surface area contributed by atoms with Crippen LogP contribution < -0.4 is 10.6 Å².